The molecule has 0 spiro atoms. The van der Waals surface area contributed by atoms with Gasteiger partial charge in [0.05, 0.1) is 0 Å². The van der Waals surface area contributed by atoms with E-state index in [9.17, 15) is 0 Å². The van der Waals surface area contributed by atoms with Gasteiger partial charge < -0.3 is 5.32 Å². The molecule has 2 nitrogen and oxygen atoms in total. The second-order valence-corrected chi connectivity index (χ2v) is 2.81. The van der Waals surface area contributed by atoms with E-state index in [0.717, 1.165) is 18.4 Å². The second-order valence-electron chi connectivity index (χ2n) is 2.81. The summed E-state index contributed by atoms with van der Waals surface area (Å²) in [6.07, 6.45) is 2.12. The first kappa shape index (κ1) is 10.2. The van der Waals surface area contributed by atoms with Crippen molar-refractivity contribution < 1.29 is 0 Å². The molecule has 0 rings (SSSR count). The molecule has 0 atom stereocenters. The Labute approximate surface area is 69.2 Å². The minimum atomic E-state index is 0.430. The van der Waals surface area contributed by atoms with E-state index < -0.39 is 0 Å². The van der Waals surface area contributed by atoms with Gasteiger partial charge >= 0.3 is 0 Å². The average molecular weight is 154 g/mol. The zero-order valence-electron chi connectivity index (χ0n) is 7.70. The highest BCUT2D eigenvalue weighted by Gasteiger charge is 2.04. The van der Waals surface area contributed by atoms with Crippen molar-refractivity contribution in [1.82, 2.24) is 5.32 Å². The van der Waals surface area contributed by atoms with Gasteiger partial charge in [-0.05, 0) is 25.3 Å². The summed E-state index contributed by atoms with van der Waals surface area (Å²) in [5.74, 6) is 0.471. The largest absolute Gasteiger partial charge is 0.368 e. The lowest BCUT2D eigenvalue weighted by Crippen LogP contribution is -2.33. The standard InChI is InChI=1S/C9H18N2/c1-5-8(6-2)11-9(10)7(3)4/h8H,3,5-6H2,1-2,4H3,(H2,10,11). The van der Waals surface area contributed by atoms with Crippen LogP contribution >= 0.6 is 0 Å². The maximum absolute atomic E-state index is 7.47. The third-order valence-electron chi connectivity index (χ3n) is 1.76. The van der Waals surface area contributed by atoms with Crippen LogP contribution in [0.2, 0.25) is 0 Å². The second kappa shape index (κ2) is 4.94. The van der Waals surface area contributed by atoms with Crippen molar-refractivity contribution >= 4 is 5.84 Å². The van der Waals surface area contributed by atoms with E-state index in [1.807, 2.05) is 6.92 Å². The molecular weight excluding hydrogens is 136 g/mol. The van der Waals surface area contributed by atoms with Gasteiger partial charge in [0.15, 0.2) is 0 Å². The summed E-state index contributed by atoms with van der Waals surface area (Å²) in [5, 5.41) is 10.6. The van der Waals surface area contributed by atoms with E-state index in [4.69, 9.17) is 5.41 Å². The van der Waals surface area contributed by atoms with Crippen molar-refractivity contribution in [3.05, 3.63) is 12.2 Å². The molecule has 0 aliphatic heterocycles. The van der Waals surface area contributed by atoms with Crippen molar-refractivity contribution in [2.45, 2.75) is 39.7 Å². The Morgan fingerprint density at radius 2 is 1.91 bits per heavy atom. The molecule has 0 saturated heterocycles. The van der Waals surface area contributed by atoms with Crippen molar-refractivity contribution in [3.8, 4) is 0 Å². The quantitative estimate of drug-likeness (QED) is 0.473. The summed E-state index contributed by atoms with van der Waals surface area (Å²) in [6, 6.07) is 0.430. The summed E-state index contributed by atoms with van der Waals surface area (Å²) in [4.78, 5) is 0. The third kappa shape index (κ3) is 3.81. The van der Waals surface area contributed by atoms with Gasteiger partial charge in [-0.3, -0.25) is 5.41 Å². The van der Waals surface area contributed by atoms with Crippen LogP contribution in [-0.2, 0) is 0 Å². The average Bonchev–Trinajstić information content (AvgIpc) is 1.99. The molecule has 2 heteroatoms. The van der Waals surface area contributed by atoms with Crippen LogP contribution in [0.4, 0.5) is 0 Å². The molecule has 0 bridgehead atoms. The normalized spacial score (nSPS) is 9.82. The summed E-state index contributed by atoms with van der Waals surface area (Å²) < 4.78 is 0. The number of hydrogen-bond acceptors (Lipinski definition) is 1. The minimum Gasteiger partial charge on any atom is -0.368 e. The monoisotopic (exact) mass is 154 g/mol. The minimum absolute atomic E-state index is 0.430. The summed E-state index contributed by atoms with van der Waals surface area (Å²) in [5.41, 5.74) is 0.803. The van der Waals surface area contributed by atoms with Crippen LogP contribution in [0.1, 0.15) is 33.6 Å². The van der Waals surface area contributed by atoms with Crippen LogP contribution < -0.4 is 5.32 Å². The molecule has 0 fully saturated rings. The molecule has 11 heavy (non-hydrogen) atoms. The number of amidine groups is 1. The first-order valence-electron chi connectivity index (χ1n) is 4.12. The van der Waals surface area contributed by atoms with Crippen LogP contribution in [0.25, 0.3) is 0 Å². The van der Waals surface area contributed by atoms with E-state index in [-0.39, 0.29) is 0 Å². The van der Waals surface area contributed by atoms with Gasteiger partial charge in [-0.2, -0.15) is 0 Å². The predicted octanol–water partition coefficient (Wildman–Crippen LogP) is 2.32. The van der Waals surface area contributed by atoms with Crippen molar-refractivity contribution in [1.29, 1.82) is 5.41 Å². The molecule has 0 unspecified atom stereocenters. The first-order chi connectivity index (χ1) is 5.11. The molecule has 0 aliphatic carbocycles. The highest BCUT2D eigenvalue weighted by Crippen LogP contribution is 1.97. The van der Waals surface area contributed by atoms with E-state index in [1.165, 1.54) is 0 Å². The molecule has 64 valence electrons. The highest BCUT2D eigenvalue weighted by atomic mass is 15.0. The van der Waals surface area contributed by atoms with Crippen LogP contribution in [-0.4, -0.2) is 11.9 Å². The van der Waals surface area contributed by atoms with Crippen LogP contribution in [0.3, 0.4) is 0 Å². The van der Waals surface area contributed by atoms with Crippen LogP contribution in [0, 0.1) is 5.41 Å². The topological polar surface area (TPSA) is 35.9 Å². The van der Waals surface area contributed by atoms with Gasteiger partial charge in [0.1, 0.15) is 5.84 Å². The van der Waals surface area contributed by atoms with E-state index in [1.54, 1.807) is 0 Å². The Kier molecular flexibility index (Phi) is 4.59. The highest BCUT2D eigenvalue weighted by molar-refractivity contribution is 5.94. The van der Waals surface area contributed by atoms with Crippen molar-refractivity contribution in [2.24, 2.45) is 0 Å². The van der Waals surface area contributed by atoms with E-state index in [0.29, 0.717) is 11.9 Å². The molecule has 0 amide bonds. The Morgan fingerprint density at radius 1 is 1.45 bits per heavy atom. The zero-order valence-corrected chi connectivity index (χ0v) is 7.70. The van der Waals surface area contributed by atoms with Crippen LogP contribution in [0.15, 0.2) is 12.2 Å². The molecule has 0 aromatic rings. The van der Waals surface area contributed by atoms with Gasteiger partial charge in [0, 0.05) is 6.04 Å². The molecule has 0 aliphatic rings. The number of nitrogens with one attached hydrogen (secondary N) is 2. The Balaban J connectivity index is 3.81. The van der Waals surface area contributed by atoms with Gasteiger partial charge in [-0.1, -0.05) is 20.4 Å². The maximum Gasteiger partial charge on any atom is 0.120 e. The molecule has 0 heterocycles. The SMILES string of the molecule is C=C(C)C(=N)NC(CC)CC. The van der Waals surface area contributed by atoms with Crippen molar-refractivity contribution in [2.75, 3.05) is 0 Å². The summed E-state index contributed by atoms with van der Waals surface area (Å²) in [6.45, 7) is 9.77. The van der Waals surface area contributed by atoms with Crippen molar-refractivity contribution in [3.63, 3.8) is 0 Å². The fourth-order valence-corrected chi connectivity index (χ4v) is 0.820. The lowest BCUT2D eigenvalue weighted by atomic mass is 10.1. The fourth-order valence-electron chi connectivity index (χ4n) is 0.820. The van der Waals surface area contributed by atoms with Gasteiger partial charge in [-0.25, -0.2) is 0 Å². The predicted molar refractivity (Wildman–Crippen MR) is 50.0 cm³/mol. The molecule has 0 saturated carbocycles. The lowest BCUT2D eigenvalue weighted by Gasteiger charge is -2.16. The lowest BCUT2D eigenvalue weighted by molar-refractivity contribution is 0.568. The molecular formula is C9H18N2. The summed E-state index contributed by atoms with van der Waals surface area (Å²) >= 11 is 0. The van der Waals surface area contributed by atoms with Gasteiger partial charge in [-0.15, -0.1) is 0 Å². The Morgan fingerprint density at radius 3 is 2.18 bits per heavy atom. The maximum atomic E-state index is 7.47. The van der Waals surface area contributed by atoms with Gasteiger partial charge in [0.2, 0.25) is 0 Å². The third-order valence-corrected chi connectivity index (χ3v) is 1.76. The fraction of sp³-hybridized carbons (Fsp3) is 0.667. The summed E-state index contributed by atoms with van der Waals surface area (Å²) in [7, 11) is 0. The first-order valence-corrected chi connectivity index (χ1v) is 4.12. The molecule has 0 aromatic carbocycles. The number of hydrogen-bond donors (Lipinski definition) is 2. The van der Waals surface area contributed by atoms with E-state index in [2.05, 4.69) is 25.7 Å². The van der Waals surface area contributed by atoms with Gasteiger partial charge in [0.25, 0.3) is 0 Å². The zero-order chi connectivity index (χ0) is 8.85. The van der Waals surface area contributed by atoms with E-state index >= 15 is 0 Å². The molecule has 0 radical (unpaired) electrons. The number of rotatable bonds is 4. The van der Waals surface area contributed by atoms with Crippen LogP contribution in [0.5, 0.6) is 0 Å². The molecule has 2 N–H and O–H groups in total. The molecule has 0 aromatic heterocycles. The smallest absolute Gasteiger partial charge is 0.120 e. The Hall–Kier alpha value is -0.790. The Bertz CT molecular complexity index is 146.